The second-order valence-electron chi connectivity index (χ2n) is 8.12. The van der Waals surface area contributed by atoms with Gasteiger partial charge in [0.25, 0.3) is 0 Å². The highest BCUT2D eigenvalue weighted by Gasteiger charge is 2.47. The van der Waals surface area contributed by atoms with Gasteiger partial charge in [0.1, 0.15) is 12.4 Å². The molecule has 3 aromatic carbocycles. The number of carbonyl (C=O) groups excluding carboxylic acids is 2. The molecule has 0 N–H and O–H groups in total. The van der Waals surface area contributed by atoms with E-state index in [1.807, 2.05) is 72.8 Å². The number of Topliss-reactive ketones (excluding diaryl/α,β-unsaturated/α-hetero) is 1. The Hall–Kier alpha value is -3.64. The molecule has 0 radical (unpaired) electrons. The van der Waals surface area contributed by atoms with Gasteiger partial charge in [0, 0.05) is 13.1 Å². The quantitative estimate of drug-likeness (QED) is 0.620. The summed E-state index contributed by atoms with van der Waals surface area (Å²) in [7, 11) is 0. The first-order valence-corrected chi connectivity index (χ1v) is 10.7. The van der Waals surface area contributed by atoms with Gasteiger partial charge in [0.05, 0.1) is 18.2 Å². The molecule has 2 aliphatic rings. The van der Waals surface area contributed by atoms with E-state index < -0.39 is 18.2 Å². The van der Waals surface area contributed by atoms with Crippen LogP contribution in [0.3, 0.4) is 0 Å². The van der Waals surface area contributed by atoms with E-state index in [1.165, 1.54) is 4.90 Å². The summed E-state index contributed by atoms with van der Waals surface area (Å²) in [6.07, 6.45) is -1.18. The Kier molecular flexibility index (Phi) is 5.60. The van der Waals surface area contributed by atoms with Crippen molar-refractivity contribution in [1.82, 2.24) is 9.80 Å². The van der Waals surface area contributed by atoms with E-state index >= 15 is 0 Å². The fraction of sp³-hybridized carbons (Fsp3) is 0.231. The smallest absolute Gasteiger partial charge is 0.414 e. The normalized spacial score (nSPS) is 20.1. The lowest BCUT2D eigenvalue weighted by atomic mass is 9.90. The molecule has 32 heavy (non-hydrogen) atoms. The van der Waals surface area contributed by atoms with Gasteiger partial charge in [-0.15, -0.1) is 0 Å². The van der Waals surface area contributed by atoms with Crippen molar-refractivity contribution in [2.75, 3.05) is 13.2 Å². The Morgan fingerprint density at radius 1 is 0.906 bits per heavy atom. The van der Waals surface area contributed by atoms with E-state index in [0.29, 0.717) is 31.1 Å². The summed E-state index contributed by atoms with van der Waals surface area (Å²) in [4.78, 5) is 30.1. The average molecular weight is 428 g/mol. The molecule has 0 aliphatic carbocycles. The number of ether oxygens (including phenoxy) is 2. The van der Waals surface area contributed by atoms with Crippen LogP contribution in [0.15, 0.2) is 84.9 Å². The zero-order chi connectivity index (χ0) is 21.9. The van der Waals surface area contributed by atoms with E-state index in [0.717, 1.165) is 11.1 Å². The second kappa shape index (κ2) is 8.85. The maximum atomic E-state index is 13.3. The van der Waals surface area contributed by atoms with Crippen molar-refractivity contribution in [2.45, 2.75) is 19.4 Å². The lowest BCUT2D eigenvalue weighted by Gasteiger charge is -2.46. The lowest BCUT2D eigenvalue weighted by molar-refractivity contribution is -0.0832. The van der Waals surface area contributed by atoms with Gasteiger partial charge < -0.3 is 9.47 Å². The summed E-state index contributed by atoms with van der Waals surface area (Å²) in [6.45, 7) is 1.62. The van der Waals surface area contributed by atoms with Gasteiger partial charge in [-0.3, -0.25) is 14.6 Å². The molecule has 6 nitrogen and oxygen atoms in total. The third-order valence-electron chi connectivity index (χ3n) is 5.88. The largest absolute Gasteiger partial charge is 0.469 e. The highest BCUT2D eigenvalue weighted by Crippen LogP contribution is 2.35. The minimum absolute atomic E-state index is 0.00419. The number of rotatable bonds is 4. The average Bonchev–Trinajstić information content (AvgIpc) is 2.84. The minimum Gasteiger partial charge on any atom is -0.469 e. The molecular formula is C26H24N2O4. The highest BCUT2D eigenvalue weighted by atomic mass is 16.6. The lowest BCUT2D eigenvalue weighted by Crippen LogP contribution is -2.62. The van der Waals surface area contributed by atoms with Crippen LogP contribution < -0.4 is 4.74 Å². The Morgan fingerprint density at radius 2 is 1.56 bits per heavy atom. The SMILES string of the molecule is O=C1c2ccccc2OC2C1CN(Cc1ccccc1)CN2C(=O)OCc1ccccc1. The van der Waals surface area contributed by atoms with Crippen molar-refractivity contribution in [1.29, 1.82) is 0 Å². The van der Waals surface area contributed by atoms with Crippen LogP contribution in [0.2, 0.25) is 0 Å². The Balaban J connectivity index is 1.40. The molecule has 0 aromatic heterocycles. The summed E-state index contributed by atoms with van der Waals surface area (Å²) < 4.78 is 11.8. The fourth-order valence-electron chi connectivity index (χ4n) is 4.32. The molecule has 0 saturated carbocycles. The number of amides is 1. The monoisotopic (exact) mass is 428 g/mol. The number of fused-ring (bicyclic) bond motifs is 2. The van der Waals surface area contributed by atoms with Gasteiger partial charge in [-0.25, -0.2) is 4.79 Å². The Morgan fingerprint density at radius 3 is 2.31 bits per heavy atom. The van der Waals surface area contributed by atoms with E-state index in [2.05, 4.69) is 4.90 Å². The molecule has 1 amide bonds. The number of hydrogen-bond donors (Lipinski definition) is 0. The number of para-hydroxylation sites is 1. The van der Waals surface area contributed by atoms with Gasteiger partial charge in [0.15, 0.2) is 12.0 Å². The van der Waals surface area contributed by atoms with Crippen molar-refractivity contribution >= 4 is 11.9 Å². The molecule has 0 bridgehead atoms. The predicted molar refractivity (Wildman–Crippen MR) is 119 cm³/mol. The topological polar surface area (TPSA) is 59.1 Å². The van der Waals surface area contributed by atoms with Crippen LogP contribution in [-0.4, -0.2) is 41.1 Å². The molecule has 6 heteroatoms. The minimum atomic E-state index is -0.687. The molecule has 2 aliphatic heterocycles. The summed E-state index contributed by atoms with van der Waals surface area (Å²) in [5.41, 5.74) is 2.59. The number of benzene rings is 3. The van der Waals surface area contributed by atoms with Crippen LogP contribution in [0, 0.1) is 5.92 Å². The van der Waals surface area contributed by atoms with Crippen molar-refractivity contribution < 1.29 is 19.1 Å². The molecule has 1 fully saturated rings. The van der Waals surface area contributed by atoms with Crippen LogP contribution >= 0.6 is 0 Å². The first-order chi connectivity index (χ1) is 15.7. The molecule has 2 atom stereocenters. The fourth-order valence-corrected chi connectivity index (χ4v) is 4.32. The third kappa shape index (κ3) is 4.09. The summed E-state index contributed by atoms with van der Waals surface area (Å²) in [5, 5.41) is 0. The maximum absolute atomic E-state index is 13.3. The summed E-state index contributed by atoms with van der Waals surface area (Å²) in [5.74, 6) is 0.0261. The highest BCUT2D eigenvalue weighted by molar-refractivity contribution is 6.02. The molecule has 0 spiro atoms. The molecule has 2 heterocycles. The van der Waals surface area contributed by atoms with Crippen molar-refractivity contribution in [2.24, 2.45) is 5.92 Å². The van der Waals surface area contributed by atoms with Gasteiger partial charge in [0.2, 0.25) is 0 Å². The Bertz CT molecular complexity index is 1100. The number of ketones is 1. The van der Waals surface area contributed by atoms with Crippen LogP contribution in [-0.2, 0) is 17.9 Å². The summed E-state index contributed by atoms with van der Waals surface area (Å²) >= 11 is 0. The van der Waals surface area contributed by atoms with Crippen LogP contribution in [0.5, 0.6) is 5.75 Å². The second-order valence-corrected chi connectivity index (χ2v) is 8.12. The number of nitrogens with zero attached hydrogens (tertiary/aromatic N) is 2. The molecule has 1 saturated heterocycles. The van der Waals surface area contributed by atoms with Crippen molar-refractivity contribution in [3.05, 3.63) is 102 Å². The van der Waals surface area contributed by atoms with Gasteiger partial charge in [-0.2, -0.15) is 0 Å². The summed E-state index contributed by atoms with van der Waals surface area (Å²) in [6, 6.07) is 26.8. The van der Waals surface area contributed by atoms with E-state index in [4.69, 9.17) is 9.47 Å². The standard InChI is InChI=1S/C26H24N2O4/c29-24-21-13-7-8-14-23(21)32-25-22(24)16-27(15-19-9-3-1-4-10-19)18-28(25)26(30)31-17-20-11-5-2-6-12-20/h1-14,22,25H,15-18H2. The van der Waals surface area contributed by atoms with E-state index in [-0.39, 0.29) is 12.4 Å². The van der Waals surface area contributed by atoms with Crippen LogP contribution in [0.25, 0.3) is 0 Å². The van der Waals surface area contributed by atoms with E-state index in [1.54, 1.807) is 12.1 Å². The van der Waals surface area contributed by atoms with Crippen LogP contribution in [0.4, 0.5) is 4.79 Å². The van der Waals surface area contributed by atoms with Crippen molar-refractivity contribution in [3.8, 4) is 5.75 Å². The molecular weight excluding hydrogens is 404 g/mol. The van der Waals surface area contributed by atoms with Gasteiger partial charge in [-0.1, -0.05) is 72.8 Å². The van der Waals surface area contributed by atoms with Gasteiger partial charge >= 0.3 is 6.09 Å². The molecule has 162 valence electrons. The zero-order valence-electron chi connectivity index (χ0n) is 17.6. The molecule has 3 aromatic rings. The maximum Gasteiger partial charge on any atom is 0.414 e. The number of hydrogen-bond acceptors (Lipinski definition) is 5. The van der Waals surface area contributed by atoms with Gasteiger partial charge in [-0.05, 0) is 23.3 Å². The third-order valence-corrected chi connectivity index (χ3v) is 5.88. The predicted octanol–water partition coefficient (Wildman–Crippen LogP) is 4.32. The number of carbonyl (C=O) groups is 2. The zero-order valence-corrected chi connectivity index (χ0v) is 17.6. The first-order valence-electron chi connectivity index (χ1n) is 10.7. The first kappa shape index (κ1) is 20.3. The van der Waals surface area contributed by atoms with E-state index in [9.17, 15) is 9.59 Å². The van der Waals surface area contributed by atoms with Crippen molar-refractivity contribution in [3.63, 3.8) is 0 Å². The molecule has 2 unspecified atom stereocenters. The Labute approximate surface area is 187 Å². The molecule has 5 rings (SSSR count). The van der Waals surface area contributed by atoms with Crippen LogP contribution in [0.1, 0.15) is 21.5 Å².